The third-order valence-electron chi connectivity index (χ3n) is 5.14. The number of hydrogen-bond acceptors (Lipinski definition) is 6. The SMILES string of the molecule is CNC(=O)C1(C)CN(C(=O)CNC(=O)c2cc(=O)c3ccccc3o2)CCC1=N. The number of para-hydroxylation sites is 1. The number of likely N-dealkylation sites (tertiary alicyclic amines) is 1. The molecule has 1 atom stereocenters. The first-order chi connectivity index (χ1) is 13.8. The number of piperidine rings is 1. The Labute approximate surface area is 166 Å². The molecular formula is C20H22N4O5. The van der Waals surface area contributed by atoms with E-state index in [1.165, 1.54) is 11.9 Å². The maximum atomic E-state index is 12.5. The van der Waals surface area contributed by atoms with Gasteiger partial charge in [-0.05, 0) is 19.1 Å². The molecule has 1 aliphatic rings. The van der Waals surface area contributed by atoms with E-state index in [1.807, 2.05) is 0 Å². The molecule has 3 rings (SSSR count). The van der Waals surface area contributed by atoms with Crippen LogP contribution >= 0.6 is 0 Å². The molecule has 3 N–H and O–H groups in total. The van der Waals surface area contributed by atoms with Crippen molar-refractivity contribution in [2.24, 2.45) is 5.41 Å². The van der Waals surface area contributed by atoms with Crippen LogP contribution in [0.25, 0.3) is 11.0 Å². The van der Waals surface area contributed by atoms with E-state index in [-0.39, 0.29) is 53.8 Å². The highest BCUT2D eigenvalue weighted by Crippen LogP contribution is 2.26. The first kappa shape index (κ1) is 20.2. The first-order valence-corrected chi connectivity index (χ1v) is 9.15. The molecule has 9 heteroatoms. The number of nitrogens with zero attached hydrogens (tertiary/aromatic N) is 1. The average Bonchev–Trinajstić information content (AvgIpc) is 2.73. The minimum Gasteiger partial charge on any atom is -0.451 e. The van der Waals surface area contributed by atoms with Crippen LogP contribution in [0.3, 0.4) is 0 Å². The van der Waals surface area contributed by atoms with Crippen molar-refractivity contribution in [3.63, 3.8) is 0 Å². The summed E-state index contributed by atoms with van der Waals surface area (Å²) >= 11 is 0. The molecule has 2 heterocycles. The molecule has 9 nitrogen and oxygen atoms in total. The van der Waals surface area contributed by atoms with E-state index in [0.29, 0.717) is 11.9 Å². The van der Waals surface area contributed by atoms with Crippen molar-refractivity contribution < 1.29 is 18.8 Å². The van der Waals surface area contributed by atoms with E-state index in [2.05, 4.69) is 10.6 Å². The number of rotatable bonds is 4. The van der Waals surface area contributed by atoms with Gasteiger partial charge in [-0.15, -0.1) is 0 Å². The van der Waals surface area contributed by atoms with Gasteiger partial charge in [-0.1, -0.05) is 12.1 Å². The predicted molar refractivity (Wildman–Crippen MR) is 106 cm³/mol. The second-order valence-corrected chi connectivity index (χ2v) is 7.11. The Morgan fingerprint density at radius 1 is 1.28 bits per heavy atom. The molecule has 1 saturated heterocycles. The lowest BCUT2D eigenvalue weighted by Crippen LogP contribution is -2.57. The molecule has 1 unspecified atom stereocenters. The zero-order chi connectivity index (χ0) is 21.2. The monoisotopic (exact) mass is 398 g/mol. The van der Waals surface area contributed by atoms with Crippen molar-refractivity contribution in [2.75, 3.05) is 26.7 Å². The van der Waals surface area contributed by atoms with Crippen molar-refractivity contribution >= 4 is 34.4 Å². The molecule has 152 valence electrons. The Hall–Kier alpha value is -3.49. The maximum Gasteiger partial charge on any atom is 0.287 e. The van der Waals surface area contributed by atoms with Gasteiger partial charge in [-0.2, -0.15) is 0 Å². The van der Waals surface area contributed by atoms with Crippen LogP contribution in [0.4, 0.5) is 0 Å². The largest absolute Gasteiger partial charge is 0.451 e. The van der Waals surface area contributed by atoms with Gasteiger partial charge in [0.05, 0.1) is 11.9 Å². The highest BCUT2D eigenvalue weighted by atomic mass is 16.3. The molecule has 0 radical (unpaired) electrons. The fourth-order valence-electron chi connectivity index (χ4n) is 3.35. The zero-order valence-corrected chi connectivity index (χ0v) is 16.2. The van der Waals surface area contributed by atoms with Gasteiger partial charge >= 0.3 is 0 Å². The van der Waals surface area contributed by atoms with Crippen molar-refractivity contribution in [3.8, 4) is 0 Å². The summed E-state index contributed by atoms with van der Waals surface area (Å²) in [7, 11) is 1.49. The van der Waals surface area contributed by atoms with Gasteiger partial charge in [-0.25, -0.2) is 0 Å². The Morgan fingerprint density at radius 2 is 2.00 bits per heavy atom. The van der Waals surface area contributed by atoms with Crippen LogP contribution in [0.2, 0.25) is 0 Å². The number of benzene rings is 1. The van der Waals surface area contributed by atoms with Crippen LogP contribution in [0.5, 0.6) is 0 Å². The van der Waals surface area contributed by atoms with E-state index in [9.17, 15) is 19.2 Å². The second kappa shape index (κ2) is 7.86. The maximum absolute atomic E-state index is 12.5. The Kier molecular flexibility index (Phi) is 5.49. The van der Waals surface area contributed by atoms with Gasteiger partial charge in [0.15, 0.2) is 11.2 Å². The number of carbonyl (C=O) groups excluding carboxylic acids is 3. The first-order valence-electron chi connectivity index (χ1n) is 9.15. The van der Waals surface area contributed by atoms with Crippen LogP contribution in [0.1, 0.15) is 23.9 Å². The summed E-state index contributed by atoms with van der Waals surface area (Å²) in [6, 6.07) is 7.66. The van der Waals surface area contributed by atoms with Crippen LogP contribution in [0.15, 0.2) is 39.5 Å². The topological polar surface area (TPSA) is 133 Å². The third-order valence-corrected chi connectivity index (χ3v) is 5.14. The molecule has 1 aliphatic heterocycles. The minimum atomic E-state index is -1.10. The molecule has 0 saturated carbocycles. The molecule has 1 aromatic heterocycles. The lowest BCUT2D eigenvalue weighted by Gasteiger charge is -2.39. The molecule has 29 heavy (non-hydrogen) atoms. The number of hydrogen-bond donors (Lipinski definition) is 3. The van der Waals surface area contributed by atoms with Gasteiger partial charge in [0.25, 0.3) is 5.91 Å². The summed E-state index contributed by atoms with van der Waals surface area (Å²) in [5, 5.41) is 13.4. The Morgan fingerprint density at radius 3 is 2.72 bits per heavy atom. The van der Waals surface area contributed by atoms with Crippen molar-refractivity contribution in [2.45, 2.75) is 13.3 Å². The van der Waals surface area contributed by atoms with Crippen molar-refractivity contribution in [1.29, 1.82) is 5.41 Å². The van der Waals surface area contributed by atoms with Crippen molar-refractivity contribution in [1.82, 2.24) is 15.5 Å². The molecule has 2 aromatic rings. The number of fused-ring (bicyclic) bond motifs is 1. The predicted octanol–water partition coefficient (Wildman–Crippen LogP) is 0.527. The number of nitrogens with one attached hydrogen (secondary N) is 3. The summed E-state index contributed by atoms with van der Waals surface area (Å²) in [6.07, 6.45) is 0.281. The normalized spacial score (nSPS) is 19.1. The standard InChI is InChI=1S/C20H22N4O5/c1-20(19(28)22-2)11-24(8-7-16(20)21)17(26)10-23-18(27)15-9-13(25)12-5-3-4-6-14(12)29-15/h3-6,9,21H,7-8,10-11H2,1-2H3,(H,22,28)(H,23,27). The van der Waals surface area contributed by atoms with E-state index in [4.69, 9.17) is 9.83 Å². The zero-order valence-electron chi connectivity index (χ0n) is 16.2. The average molecular weight is 398 g/mol. The molecule has 1 aromatic carbocycles. The van der Waals surface area contributed by atoms with E-state index >= 15 is 0 Å². The van der Waals surface area contributed by atoms with Crippen LogP contribution in [0, 0.1) is 10.8 Å². The lowest BCUT2D eigenvalue weighted by molar-refractivity contribution is -0.135. The Bertz CT molecular complexity index is 1050. The molecule has 0 aliphatic carbocycles. The minimum absolute atomic E-state index is 0.0608. The van der Waals surface area contributed by atoms with Gasteiger partial charge < -0.3 is 25.4 Å². The lowest BCUT2D eigenvalue weighted by atomic mass is 9.79. The Balaban J connectivity index is 1.67. The fraction of sp³-hybridized carbons (Fsp3) is 0.350. The summed E-state index contributed by atoms with van der Waals surface area (Å²) in [5.74, 6) is -1.58. The molecule has 0 spiro atoms. The van der Waals surface area contributed by atoms with Crippen LogP contribution in [-0.4, -0.2) is 55.0 Å². The third kappa shape index (κ3) is 3.89. The number of carbonyl (C=O) groups is 3. The fourth-order valence-corrected chi connectivity index (χ4v) is 3.35. The summed E-state index contributed by atoms with van der Waals surface area (Å²) in [4.78, 5) is 50.6. The van der Waals surface area contributed by atoms with E-state index in [1.54, 1.807) is 31.2 Å². The van der Waals surface area contributed by atoms with E-state index in [0.717, 1.165) is 6.07 Å². The molecule has 3 amide bonds. The highest BCUT2D eigenvalue weighted by Gasteiger charge is 2.43. The van der Waals surface area contributed by atoms with Gasteiger partial charge in [0.2, 0.25) is 11.8 Å². The summed E-state index contributed by atoms with van der Waals surface area (Å²) < 4.78 is 5.46. The second-order valence-electron chi connectivity index (χ2n) is 7.11. The smallest absolute Gasteiger partial charge is 0.287 e. The molecule has 0 bridgehead atoms. The molecular weight excluding hydrogens is 376 g/mol. The van der Waals surface area contributed by atoms with Gasteiger partial charge in [0, 0.05) is 38.3 Å². The molecule has 1 fully saturated rings. The van der Waals surface area contributed by atoms with Gasteiger partial charge in [0.1, 0.15) is 11.0 Å². The quantitative estimate of drug-likeness (QED) is 0.691. The summed E-state index contributed by atoms with van der Waals surface area (Å²) in [5.41, 5.74) is -0.896. The van der Waals surface area contributed by atoms with Crippen molar-refractivity contribution in [3.05, 3.63) is 46.3 Å². The van der Waals surface area contributed by atoms with Gasteiger partial charge in [-0.3, -0.25) is 19.2 Å². The number of amides is 3. The highest BCUT2D eigenvalue weighted by molar-refractivity contribution is 6.08. The van der Waals surface area contributed by atoms with Crippen LogP contribution < -0.4 is 16.1 Å². The van der Waals surface area contributed by atoms with Crippen LogP contribution in [-0.2, 0) is 9.59 Å². The summed E-state index contributed by atoms with van der Waals surface area (Å²) in [6.45, 7) is 1.67. The van der Waals surface area contributed by atoms with E-state index < -0.39 is 11.3 Å².